The topological polar surface area (TPSA) is 108 Å². The lowest BCUT2D eigenvalue weighted by Gasteiger charge is -2.06. The molecule has 30 heavy (non-hydrogen) atoms. The number of rotatable bonds is 4. The van der Waals surface area contributed by atoms with E-state index in [0.29, 0.717) is 10.8 Å². The van der Waals surface area contributed by atoms with Gasteiger partial charge in [0, 0.05) is 4.88 Å². The molecule has 4 aromatic rings. The molecule has 0 saturated heterocycles. The fourth-order valence-corrected chi connectivity index (χ4v) is 4.51. The van der Waals surface area contributed by atoms with Gasteiger partial charge >= 0.3 is 0 Å². The van der Waals surface area contributed by atoms with Crippen molar-refractivity contribution < 1.29 is 9.18 Å². The molecule has 3 heterocycles. The highest BCUT2D eigenvalue weighted by Gasteiger charge is 2.18. The molecule has 3 aromatic heterocycles. The molecule has 0 bridgehead atoms. The van der Waals surface area contributed by atoms with E-state index in [1.807, 2.05) is 0 Å². The van der Waals surface area contributed by atoms with Crippen molar-refractivity contribution in [3.63, 3.8) is 0 Å². The van der Waals surface area contributed by atoms with Gasteiger partial charge in [0.05, 0.1) is 17.6 Å². The Morgan fingerprint density at radius 1 is 1.20 bits per heavy atom. The van der Waals surface area contributed by atoms with E-state index in [9.17, 15) is 14.0 Å². The van der Waals surface area contributed by atoms with Crippen molar-refractivity contribution in [1.29, 1.82) is 0 Å². The number of anilines is 1. The van der Waals surface area contributed by atoms with Crippen LogP contribution in [-0.2, 0) is 24.2 Å². The Morgan fingerprint density at radius 3 is 2.80 bits per heavy atom. The van der Waals surface area contributed by atoms with E-state index in [1.54, 1.807) is 0 Å². The number of aromatic nitrogens is 6. The molecule has 5 rings (SSSR count). The van der Waals surface area contributed by atoms with Gasteiger partial charge in [0.15, 0.2) is 10.8 Å². The van der Waals surface area contributed by atoms with E-state index in [2.05, 4.69) is 25.7 Å². The van der Waals surface area contributed by atoms with Crippen molar-refractivity contribution in [2.75, 3.05) is 5.32 Å². The molecule has 1 aromatic carbocycles. The van der Waals surface area contributed by atoms with E-state index < -0.39 is 11.5 Å². The largest absolute Gasteiger partial charge is 0.300 e. The second kappa shape index (κ2) is 7.41. The second-order valence-corrected chi connectivity index (χ2v) is 8.05. The predicted molar refractivity (Wildman–Crippen MR) is 108 cm³/mol. The number of nitrogens with one attached hydrogen (secondary N) is 1. The lowest BCUT2D eigenvalue weighted by molar-refractivity contribution is -0.117. The minimum absolute atomic E-state index is 0.215. The van der Waals surface area contributed by atoms with E-state index in [0.717, 1.165) is 36.1 Å². The van der Waals surface area contributed by atoms with Crippen LogP contribution in [0.4, 0.5) is 9.52 Å². The Bertz CT molecular complexity index is 1290. The van der Waals surface area contributed by atoms with Crippen LogP contribution in [0.5, 0.6) is 0 Å². The van der Waals surface area contributed by atoms with Gasteiger partial charge in [-0.1, -0.05) is 5.21 Å². The summed E-state index contributed by atoms with van der Waals surface area (Å²) in [4.78, 5) is 30.8. The molecule has 0 saturated carbocycles. The molecule has 0 spiro atoms. The van der Waals surface area contributed by atoms with Gasteiger partial charge in [-0.25, -0.2) is 18.7 Å². The van der Waals surface area contributed by atoms with Crippen LogP contribution in [0.25, 0.3) is 16.7 Å². The number of benzene rings is 1. The van der Waals surface area contributed by atoms with Crippen molar-refractivity contribution >= 4 is 33.4 Å². The highest BCUT2D eigenvalue weighted by Crippen LogP contribution is 2.29. The summed E-state index contributed by atoms with van der Waals surface area (Å²) in [5.74, 6) is -0.779. The van der Waals surface area contributed by atoms with Gasteiger partial charge in [-0.3, -0.25) is 9.59 Å². The number of thiazole rings is 1. The van der Waals surface area contributed by atoms with Crippen LogP contribution in [0, 0.1) is 5.82 Å². The molecule has 1 amide bonds. The Hall–Kier alpha value is -3.47. The number of fused-ring (bicyclic) bond motifs is 2. The maximum absolute atomic E-state index is 13.2. The molecule has 1 aliphatic carbocycles. The van der Waals surface area contributed by atoms with Gasteiger partial charge in [0.25, 0.3) is 5.56 Å². The number of carbonyl (C=O) groups is 1. The first-order valence-electron chi connectivity index (χ1n) is 9.44. The first-order valence-corrected chi connectivity index (χ1v) is 10.3. The lowest BCUT2D eigenvalue weighted by atomic mass is 10.0. The van der Waals surface area contributed by atoms with Crippen LogP contribution in [0.1, 0.15) is 23.4 Å². The Labute approximate surface area is 173 Å². The molecule has 0 unspecified atom stereocenters. The summed E-state index contributed by atoms with van der Waals surface area (Å²) >= 11 is 1.48. The standard InChI is InChI=1S/C19H16FN7O2S/c20-11-5-7-12(8-6-11)27-17-13(9-21-27)18(29)26(25-24-17)10-16(28)23-19-22-14-3-1-2-4-15(14)30-19/h5-9H,1-4,10H2,(H,22,23,28). The maximum atomic E-state index is 13.2. The summed E-state index contributed by atoms with van der Waals surface area (Å²) in [7, 11) is 0. The molecule has 0 aliphatic heterocycles. The van der Waals surface area contributed by atoms with Crippen molar-refractivity contribution in [1.82, 2.24) is 29.8 Å². The highest BCUT2D eigenvalue weighted by atomic mass is 32.1. The summed E-state index contributed by atoms with van der Waals surface area (Å²) < 4.78 is 15.5. The summed E-state index contributed by atoms with van der Waals surface area (Å²) in [6.07, 6.45) is 5.53. The van der Waals surface area contributed by atoms with Crippen LogP contribution in [0.3, 0.4) is 0 Å². The number of aryl methyl sites for hydroxylation is 2. The maximum Gasteiger partial charge on any atom is 0.281 e. The van der Waals surface area contributed by atoms with Crippen LogP contribution >= 0.6 is 11.3 Å². The Kier molecular flexibility index (Phi) is 4.58. The van der Waals surface area contributed by atoms with Gasteiger partial charge in [-0.05, 0) is 49.9 Å². The molecule has 0 atom stereocenters. The smallest absolute Gasteiger partial charge is 0.281 e. The Morgan fingerprint density at radius 2 is 2.00 bits per heavy atom. The molecule has 9 nitrogen and oxygen atoms in total. The van der Waals surface area contributed by atoms with Gasteiger partial charge in [0.2, 0.25) is 5.91 Å². The van der Waals surface area contributed by atoms with Crippen LogP contribution in [0.2, 0.25) is 0 Å². The van der Waals surface area contributed by atoms with Gasteiger partial charge in [0.1, 0.15) is 17.7 Å². The molecule has 0 fully saturated rings. The zero-order chi connectivity index (χ0) is 20.7. The number of amides is 1. The van der Waals surface area contributed by atoms with E-state index in [-0.39, 0.29) is 23.4 Å². The zero-order valence-corrected chi connectivity index (χ0v) is 16.5. The summed E-state index contributed by atoms with van der Waals surface area (Å²) in [6.45, 7) is -0.284. The fourth-order valence-electron chi connectivity index (χ4n) is 3.44. The van der Waals surface area contributed by atoms with Gasteiger partial charge < -0.3 is 5.32 Å². The third-order valence-corrected chi connectivity index (χ3v) is 5.99. The number of hydrogen-bond donors (Lipinski definition) is 1. The minimum atomic E-state index is -0.484. The number of carbonyl (C=O) groups excluding carboxylic acids is 1. The fraction of sp³-hybridized carbons (Fsp3) is 0.263. The van der Waals surface area contributed by atoms with E-state index >= 15 is 0 Å². The molecule has 1 N–H and O–H groups in total. The second-order valence-electron chi connectivity index (χ2n) is 6.97. The predicted octanol–water partition coefficient (Wildman–Crippen LogP) is 2.09. The average molecular weight is 425 g/mol. The van der Waals surface area contributed by atoms with Crippen molar-refractivity contribution in [3.8, 4) is 5.69 Å². The summed E-state index contributed by atoms with van der Waals surface area (Å²) in [5.41, 5.74) is 1.34. The molecule has 0 radical (unpaired) electrons. The first-order chi connectivity index (χ1) is 14.6. The van der Waals surface area contributed by atoms with E-state index in [4.69, 9.17) is 0 Å². The Balaban J connectivity index is 1.37. The molecular formula is C19H16FN7O2S. The number of nitrogens with zero attached hydrogens (tertiary/aromatic N) is 6. The van der Waals surface area contributed by atoms with Gasteiger partial charge in [-0.15, -0.1) is 16.4 Å². The average Bonchev–Trinajstić information content (AvgIpc) is 3.34. The van der Waals surface area contributed by atoms with Crippen molar-refractivity contribution in [2.24, 2.45) is 0 Å². The van der Waals surface area contributed by atoms with Crippen LogP contribution < -0.4 is 10.9 Å². The normalized spacial score (nSPS) is 13.4. The zero-order valence-electron chi connectivity index (χ0n) is 15.7. The number of hydrogen-bond acceptors (Lipinski definition) is 7. The quantitative estimate of drug-likeness (QED) is 0.537. The molecule has 152 valence electrons. The van der Waals surface area contributed by atoms with Crippen molar-refractivity contribution in [2.45, 2.75) is 32.2 Å². The summed E-state index contributed by atoms with van der Waals surface area (Å²) in [6, 6.07) is 5.63. The lowest BCUT2D eigenvalue weighted by Crippen LogP contribution is -2.30. The van der Waals surface area contributed by atoms with E-state index in [1.165, 1.54) is 51.4 Å². The SMILES string of the molecule is O=C(Cn1nnc2c(cnn2-c2ccc(F)cc2)c1=O)Nc1nc2c(s1)CCCC2. The van der Waals surface area contributed by atoms with Gasteiger partial charge in [-0.2, -0.15) is 5.10 Å². The van der Waals surface area contributed by atoms with Crippen LogP contribution in [0.15, 0.2) is 35.3 Å². The molecule has 11 heteroatoms. The summed E-state index contributed by atoms with van der Waals surface area (Å²) in [5, 5.41) is 15.6. The molecular weight excluding hydrogens is 409 g/mol. The monoisotopic (exact) mass is 425 g/mol. The first kappa shape index (κ1) is 18.6. The third kappa shape index (κ3) is 3.36. The minimum Gasteiger partial charge on any atom is -0.300 e. The van der Waals surface area contributed by atoms with Crippen molar-refractivity contribution in [3.05, 3.63) is 57.2 Å². The number of halogens is 1. The third-order valence-electron chi connectivity index (χ3n) is 4.91. The highest BCUT2D eigenvalue weighted by molar-refractivity contribution is 7.15. The molecule has 1 aliphatic rings. The van der Waals surface area contributed by atoms with Crippen LogP contribution in [-0.4, -0.2) is 35.7 Å².